The molecule has 15 atom stereocenters. The predicted molar refractivity (Wildman–Crippen MR) is 180 cm³/mol. The molecule has 2 aromatic carbocycles. The van der Waals surface area contributed by atoms with Crippen LogP contribution in [0.3, 0.4) is 0 Å². The number of aliphatic hydroxyl groups is 8. The van der Waals surface area contributed by atoms with Crippen molar-refractivity contribution >= 4 is 12.0 Å². The highest BCUT2D eigenvalue weighted by molar-refractivity contribution is 5.87. The first kappa shape index (κ1) is 42.4. The Kier molecular flexibility index (Phi) is 14.3. The summed E-state index contributed by atoms with van der Waals surface area (Å²) in [6.07, 6.45) is -22.6. The highest BCUT2D eigenvalue weighted by Gasteiger charge is 2.53. The lowest BCUT2D eigenvalue weighted by atomic mass is 9.96. The summed E-state index contributed by atoms with van der Waals surface area (Å²) >= 11 is 0. The van der Waals surface area contributed by atoms with Crippen LogP contribution in [0.15, 0.2) is 42.5 Å². The van der Waals surface area contributed by atoms with Crippen molar-refractivity contribution in [2.24, 2.45) is 0 Å². The van der Waals surface area contributed by atoms with Crippen LogP contribution in [0.2, 0.25) is 0 Å². The molecule has 12 N–H and O–H groups in total. The first-order valence-electron chi connectivity index (χ1n) is 17.2. The second kappa shape index (κ2) is 18.5. The molecule has 2 aromatic rings. The van der Waals surface area contributed by atoms with Gasteiger partial charge in [0.05, 0.1) is 25.9 Å². The molecule has 0 aromatic heterocycles. The van der Waals surface area contributed by atoms with E-state index in [9.17, 15) is 66.1 Å². The molecule has 0 bridgehead atoms. The average Bonchev–Trinajstić information content (AvgIpc) is 3.16. The highest BCUT2D eigenvalue weighted by Crippen LogP contribution is 2.33. The molecular formula is C35H46O20. The first-order valence-corrected chi connectivity index (χ1v) is 17.2. The number of carbonyl (C=O) groups excluding carboxylic acids is 1. The fourth-order valence-corrected chi connectivity index (χ4v) is 6.14. The summed E-state index contributed by atoms with van der Waals surface area (Å²) in [5, 5.41) is 123. The topological polar surface area (TPSA) is 324 Å². The molecule has 3 saturated heterocycles. The van der Waals surface area contributed by atoms with Gasteiger partial charge >= 0.3 is 5.97 Å². The number of carbonyl (C=O) groups is 1. The fourth-order valence-electron chi connectivity index (χ4n) is 6.14. The van der Waals surface area contributed by atoms with Gasteiger partial charge in [-0.3, -0.25) is 0 Å². The molecule has 20 nitrogen and oxygen atoms in total. The molecular weight excluding hydrogens is 740 g/mol. The lowest BCUT2D eigenvalue weighted by molar-refractivity contribution is -0.364. The zero-order valence-corrected chi connectivity index (χ0v) is 29.2. The second-order valence-electron chi connectivity index (χ2n) is 13.3. The smallest absolute Gasteiger partial charge is 0.331 e. The normalized spacial score (nSPS) is 36.9. The number of phenolic OH excluding ortho intramolecular Hbond substituents is 4. The predicted octanol–water partition coefficient (Wildman–Crippen LogP) is -3.19. The number of hydrogen-bond acceptors (Lipinski definition) is 20. The monoisotopic (exact) mass is 786 g/mol. The van der Waals surface area contributed by atoms with Gasteiger partial charge in [-0.15, -0.1) is 0 Å². The molecule has 0 spiro atoms. The van der Waals surface area contributed by atoms with Crippen LogP contribution in [0, 0.1) is 0 Å². The van der Waals surface area contributed by atoms with E-state index in [1.807, 2.05) is 0 Å². The van der Waals surface area contributed by atoms with Gasteiger partial charge in [-0.05, 0) is 54.8 Å². The van der Waals surface area contributed by atoms with Crippen LogP contribution in [0.1, 0.15) is 18.1 Å². The van der Waals surface area contributed by atoms with Crippen molar-refractivity contribution < 1.29 is 99.2 Å². The molecule has 3 fully saturated rings. The van der Waals surface area contributed by atoms with Gasteiger partial charge in [0.2, 0.25) is 0 Å². The Morgan fingerprint density at radius 2 is 1.29 bits per heavy atom. The molecule has 55 heavy (non-hydrogen) atoms. The van der Waals surface area contributed by atoms with Crippen LogP contribution < -0.4 is 0 Å². The summed E-state index contributed by atoms with van der Waals surface area (Å²) in [5.41, 5.74) is 0.773. The summed E-state index contributed by atoms with van der Waals surface area (Å²) in [4.78, 5) is 13.3. The SMILES string of the molecule is CC1O[C@@H](O[C@@H]2C(O)C(OCCc3ccc(O)c(O)c3)O[C@H](CO[C@@H]3O[C@H](CO)C(O)C(O)C3O)C2OC(=O)C=Cc2ccc(O)c(O)c2)[C@H](O)[C@H](O)[C@H]1O. The van der Waals surface area contributed by atoms with E-state index in [-0.39, 0.29) is 30.1 Å². The minimum Gasteiger partial charge on any atom is -0.504 e. The Hall–Kier alpha value is -3.71. The standard InChI is InChI=1S/C35H46O20/c1-14-24(42)26(44)29(47)35(51-14)55-32-30(48)34(49-9-8-16-3-6-18(38)20(40)11-16)53-22(13-50-33-28(46)27(45)25(43)21(12-36)52-33)31(32)54-23(41)7-4-15-2-5-17(37)19(39)10-15/h2-7,10-11,14,21-22,24-40,42-48H,8-9,12-13H2,1H3/t14?,21-,22-,24+,25?,26-,27?,28?,29-,30?,31?,32-,33-,34?,35+/m1/s1. The third-order valence-corrected chi connectivity index (χ3v) is 9.36. The van der Waals surface area contributed by atoms with Crippen molar-refractivity contribution in [3.63, 3.8) is 0 Å². The fraction of sp³-hybridized carbons (Fsp3) is 0.571. The van der Waals surface area contributed by atoms with E-state index in [4.69, 9.17) is 33.2 Å². The molecule has 7 unspecified atom stereocenters. The highest BCUT2D eigenvalue weighted by atomic mass is 16.8. The van der Waals surface area contributed by atoms with E-state index in [1.165, 1.54) is 43.3 Å². The Morgan fingerprint density at radius 3 is 1.96 bits per heavy atom. The summed E-state index contributed by atoms with van der Waals surface area (Å²) in [6, 6.07) is 7.75. The third kappa shape index (κ3) is 10.0. The summed E-state index contributed by atoms with van der Waals surface area (Å²) in [7, 11) is 0. The molecule has 306 valence electrons. The molecule has 5 rings (SSSR count). The van der Waals surface area contributed by atoms with Gasteiger partial charge in [0.25, 0.3) is 0 Å². The summed E-state index contributed by atoms with van der Waals surface area (Å²) in [5.74, 6) is -2.71. The number of benzene rings is 2. The largest absolute Gasteiger partial charge is 0.504 e. The Bertz CT molecular complexity index is 1610. The van der Waals surface area contributed by atoms with Gasteiger partial charge in [-0.1, -0.05) is 12.1 Å². The number of aliphatic hydroxyl groups excluding tert-OH is 8. The van der Waals surface area contributed by atoms with Gasteiger partial charge in [-0.2, -0.15) is 0 Å². The van der Waals surface area contributed by atoms with Crippen molar-refractivity contribution in [2.75, 3.05) is 19.8 Å². The van der Waals surface area contributed by atoms with Crippen LogP contribution >= 0.6 is 0 Å². The Morgan fingerprint density at radius 1 is 0.673 bits per heavy atom. The lowest BCUT2D eigenvalue weighted by Crippen LogP contribution is -2.65. The third-order valence-electron chi connectivity index (χ3n) is 9.36. The molecule has 0 aliphatic carbocycles. The van der Waals surface area contributed by atoms with Crippen LogP contribution in [0.5, 0.6) is 23.0 Å². The average molecular weight is 787 g/mol. The van der Waals surface area contributed by atoms with E-state index >= 15 is 0 Å². The molecule has 0 saturated carbocycles. The van der Waals surface area contributed by atoms with E-state index in [0.717, 1.165) is 12.1 Å². The number of hydrogen-bond donors (Lipinski definition) is 12. The van der Waals surface area contributed by atoms with Crippen LogP contribution in [0.4, 0.5) is 0 Å². The first-order chi connectivity index (χ1) is 26.1. The number of rotatable bonds is 13. The van der Waals surface area contributed by atoms with Crippen molar-refractivity contribution in [1.82, 2.24) is 0 Å². The van der Waals surface area contributed by atoms with Gasteiger partial charge < -0.3 is 94.4 Å². The minimum absolute atomic E-state index is 0.111. The van der Waals surface area contributed by atoms with E-state index in [1.54, 1.807) is 0 Å². The van der Waals surface area contributed by atoms with Gasteiger partial charge in [0, 0.05) is 6.08 Å². The van der Waals surface area contributed by atoms with Crippen LogP contribution in [-0.2, 0) is 44.4 Å². The Balaban J connectivity index is 1.43. The van der Waals surface area contributed by atoms with E-state index in [0.29, 0.717) is 5.56 Å². The van der Waals surface area contributed by atoms with Gasteiger partial charge in [0.15, 0.2) is 48.0 Å². The van der Waals surface area contributed by atoms with E-state index in [2.05, 4.69) is 0 Å². The van der Waals surface area contributed by atoms with Crippen molar-refractivity contribution in [3.8, 4) is 23.0 Å². The number of aromatic hydroxyl groups is 4. The number of esters is 1. The number of ether oxygens (including phenoxy) is 7. The van der Waals surface area contributed by atoms with Gasteiger partial charge in [-0.25, -0.2) is 4.79 Å². The van der Waals surface area contributed by atoms with Gasteiger partial charge in [0.1, 0.15) is 61.0 Å². The lowest BCUT2D eigenvalue weighted by Gasteiger charge is -2.47. The minimum atomic E-state index is -1.88. The maximum atomic E-state index is 13.3. The molecule has 20 heteroatoms. The molecule has 3 heterocycles. The molecule has 3 aliphatic heterocycles. The molecule has 0 radical (unpaired) electrons. The quantitative estimate of drug-likeness (QED) is 0.0541. The maximum Gasteiger partial charge on any atom is 0.331 e. The van der Waals surface area contributed by atoms with Crippen molar-refractivity contribution in [2.45, 2.75) is 105 Å². The summed E-state index contributed by atoms with van der Waals surface area (Å²) < 4.78 is 40.2. The van der Waals surface area contributed by atoms with Crippen molar-refractivity contribution in [1.29, 1.82) is 0 Å². The second-order valence-corrected chi connectivity index (χ2v) is 13.3. The zero-order valence-electron chi connectivity index (χ0n) is 29.2. The van der Waals surface area contributed by atoms with Crippen molar-refractivity contribution in [3.05, 3.63) is 53.6 Å². The number of phenols is 4. The van der Waals surface area contributed by atoms with E-state index < -0.39 is 123 Å². The molecule has 3 aliphatic rings. The maximum absolute atomic E-state index is 13.3. The summed E-state index contributed by atoms with van der Waals surface area (Å²) in [6.45, 7) is -0.254. The Labute approximate surface area is 313 Å². The van der Waals surface area contributed by atoms with Crippen LogP contribution in [-0.4, -0.2) is 179 Å². The van der Waals surface area contributed by atoms with Crippen LogP contribution in [0.25, 0.3) is 6.08 Å². The molecule has 0 amide bonds. The zero-order chi connectivity index (χ0) is 40.1.